The number of piperidine rings is 1. The van der Waals surface area contributed by atoms with Crippen LogP contribution < -0.4 is 9.04 Å². The number of sulfonamides is 1. The van der Waals surface area contributed by atoms with Crippen LogP contribution in [0, 0.1) is 0 Å². The van der Waals surface area contributed by atoms with E-state index < -0.39 is 10.0 Å². The Hall–Kier alpha value is -2.83. The molecule has 0 amide bonds. The third-order valence-corrected chi connectivity index (χ3v) is 8.27. The van der Waals surface area contributed by atoms with Gasteiger partial charge in [0, 0.05) is 31.2 Å². The van der Waals surface area contributed by atoms with Gasteiger partial charge in [-0.15, -0.1) is 0 Å². The van der Waals surface area contributed by atoms with E-state index in [0.29, 0.717) is 4.90 Å². The number of hydrogen-bond acceptors (Lipinski definition) is 4. The first-order chi connectivity index (χ1) is 16.0. The minimum Gasteiger partial charge on any atom is -0.496 e. The van der Waals surface area contributed by atoms with Gasteiger partial charge in [-0.25, -0.2) is 8.42 Å². The molecule has 3 aromatic carbocycles. The molecule has 4 rings (SSSR count). The van der Waals surface area contributed by atoms with Crippen LogP contribution in [0.15, 0.2) is 83.8 Å². The fourth-order valence-electron chi connectivity index (χ4n) is 4.52. The number of ether oxygens (including phenoxy) is 1. The van der Waals surface area contributed by atoms with E-state index in [1.54, 1.807) is 35.7 Å². The van der Waals surface area contributed by atoms with Gasteiger partial charge in [-0.3, -0.25) is 9.21 Å². The highest BCUT2D eigenvalue weighted by atomic mass is 32.2. The number of para-hydroxylation sites is 1. The van der Waals surface area contributed by atoms with Crippen molar-refractivity contribution in [2.75, 3.05) is 24.5 Å². The average molecular weight is 465 g/mol. The summed E-state index contributed by atoms with van der Waals surface area (Å²) in [6, 6.07) is 24.7. The molecule has 5 nitrogen and oxygen atoms in total. The highest BCUT2D eigenvalue weighted by Gasteiger charge is 2.34. The van der Waals surface area contributed by atoms with Gasteiger partial charge in [-0.1, -0.05) is 55.5 Å². The molecule has 33 heavy (non-hydrogen) atoms. The van der Waals surface area contributed by atoms with Crippen molar-refractivity contribution in [3.8, 4) is 5.75 Å². The molecule has 0 unspecified atom stereocenters. The molecule has 1 aliphatic rings. The second kappa shape index (κ2) is 10.4. The van der Waals surface area contributed by atoms with E-state index in [9.17, 15) is 8.42 Å². The maximum absolute atomic E-state index is 13.7. The fourth-order valence-corrected chi connectivity index (χ4v) is 6.25. The van der Waals surface area contributed by atoms with Crippen LogP contribution in [0.4, 0.5) is 5.69 Å². The summed E-state index contributed by atoms with van der Waals surface area (Å²) in [5.41, 5.74) is 3.09. The van der Waals surface area contributed by atoms with E-state index >= 15 is 0 Å². The molecule has 0 bridgehead atoms. The van der Waals surface area contributed by atoms with Crippen LogP contribution in [-0.2, 0) is 23.0 Å². The van der Waals surface area contributed by atoms with Crippen LogP contribution in [-0.4, -0.2) is 39.6 Å². The van der Waals surface area contributed by atoms with Crippen molar-refractivity contribution in [1.82, 2.24) is 4.90 Å². The topological polar surface area (TPSA) is 49.9 Å². The molecule has 1 saturated heterocycles. The molecule has 1 heterocycles. The van der Waals surface area contributed by atoms with Crippen molar-refractivity contribution in [2.45, 2.75) is 43.7 Å². The van der Waals surface area contributed by atoms with Crippen LogP contribution in [0.3, 0.4) is 0 Å². The van der Waals surface area contributed by atoms with Gasteiger partial charge >= 0.3 is 0 Å². The van der Waals surface area contributed by atoms with Gasteiger partial charge in [0.1, 0.15) is 5.75 Å². The third kappa shape index (κ3) is 5.23. The van der Waals surface area contributed by atoms with E-state index in [1.165, 1.54) is 5.56 Å². The summed E-state index contributed by atoms with van der Waals surface area (Å²) in [6.07, 6.45) is 2.47. The van der Waals surface area contributed by atoms with E-state index in [2.05, 4.69) is 17.9 Å². The standard InChI is InChI=1S/C27H32N2O3S/c1-3-22-13-15-24(16-14-22)29(33(30,31)26-10-5-4-6-11-26)25-17-19-28(20-18-25)21-23-9-7-8-12-27(23)32-2/h4-16,25H,3,17-21H2,1-2H3. The number of rotatable bonds is 8. The van der Waals surface area contributed by atoms with Crippen molar-refractivity contribution in [2.24, 2.45) is 0 Å². The lowest BCUT2D eigenvalue weighted by Crippen LogP contribution is -2.47. The normalized spacial score (nSPS) is 15.3. The van der Waals surface area contributed by atoms with E-state index in [4.69, 9.17) is 4.74 Å². The Morgan fingerprint density at radius 2 is 1.55 bits per heavy atom. The molecule has 0 N–H and O–H groups in total. The number of anilines is 1. The average Bonchev–Trinajstić information content (AvgIpc) is 2.86. The predicted molar refractivity (Wildman–Crippen MR) is 133 cm³/mol. The first kappa shape index (κ1) is 23.3. The summed E-state index contributed by atoms with van der Waals surface area (Å²) >= 11 is 0. The van der Waals surface area contributed by atoms with Gasteiger partial charge in [-0.2, -0.15) is 0 Å². The van der Waals surface area contributed by atoms with E-state index in [1.807, 2.05) is 48.5 Å². The monoisotopic (exact) mass is 464 g/mol. The molecule has 3 aromatic rings. The highest BCUT2D eigenvalue weighted by molar-refractivity contribution is 7.92. The molecule has 0 radical (unpaired) electrons. The molecular formula is C27H32N2O3S. The SMILES string of the molecule is CCc1ccc(N(C2CCN(Cc3ccccc3OC)CC2)S(=O)(=O)c2ccccc2)cc1. The smallest absolute Gasteiger partial charge is 0.264 e. The zero-order valence-electron chi connectivity index (χ0n) is 19.4. The molecule has 0 aliphatic carbocycles. The summed E-state index contributed by atoms with van der Waals surface area (Å²) in [7, 11) is -1.97. The van der Waals surface area contributed by atoms with E-state index in [-0.39, 0.29) is 6.04 Å². The number of aryl methyl sites for hydroxylation is 1. The zero-order chi connectivity index (χ0) is 23.3. The van der Waals surface area contributed by atoms with Crippen molar-refractivity contribution in [3.05, 3.63) is 90.0 Å². The number of likely N-dealkylation sites (tertiary alicyclic amines) is 1. The van der Waals surface area contributed by atoms with Crippen molar-refractivity contribution < 1.29 is 13.2 Å². The van der Waals surface area contributed by atoms with Gasteiger partial charge in [0.2, 0.25) is 0 Å². The first-order valence-electron chi connectivity index (χ1n) is 11.6. The summed E-state index contributed by atoms with van der Waals surface area (Å²) in [5, 5.41) is 0. The first-order valence-corrected chi connectivity index (χ1v) is 13.0. The quantitative estimate of drug-likeness (QED) is 0.464. The fraction of sp³-hybridized carbons (Fsp3) is 0.333. The van der Waals surface area contributed by atoms with Gasteiger partial charge in [0.25, 0.3) is 10.0 Å². The molecule has 174 valence electrons. The predicted octanol–water partition coefficient (Wildman–Crippen LogP) is 5.12. The van der Waals surface area contributed by atoms with Crippen molar-refractivity contribution >= 4 is 15.7 Å². The molecule has 1 fully saturated rings. The third-order valence-electron chi connectivity index (χ3n) is 6.37. The molecule has 0 spiro atoms. The Morgan fingerprint density at radius 3 is 2.18 bits per heavy atom. The lowest BCUT2D eigenvalue weighted by atomic mass is 10.0. The van der Waals surface area contributed by atoms with Gasteiger partial charge in [0.05, 0.1) is 17.7 Å². The molecule has 1 aliphatic heterocycles. The number of benzene rings is 3. The Balaban J connectivity index is 1.57. The summed E-state index contributed by atoms with van der Waals surface area (Å²) < 4.78 is 34.6. The lowest BCUT2D eigenvalue weighted by Gasteiger charge is -2.39. The van der Waals surface area contributed by atoms with Gasteiger partial charge < -0.3 is 4.74 Å². The number of nitrogens with zero attached hydrogens (tertiary/aromatic N) is 2. The Labute approximate surface area is 197 Å². The Bertz CT molecular complexity index is 1140. The van der Waals surface area contributed by atoms with Crippen LogP contribution in [0.2, 0.25) is 0 Å². The summed E-state index contributed by atoms with van der Waals surface area (Å²) in [5.74, 6) is 0.893. The molecule has 6 heteroatoms. The zero-order valence-corrected chi connectivity index (χ0v) is 20.2. The van der Waals surface area contributed by atoms with Gasteiger partial charge in [-0.05, 0) is 55.2 Å². The minimum atomic E-state index is -3.67. The summed E-state index contributed by atoms with van der Waals surface area (Å²) in [4.78, 5) is 2.71. The lowest BCUT2D eigenvalue weighted by molar-refractivity contribution is 0.204. The molecule has 0 atom stereocenters. The van der Waals surface area contributed by atoms with Crippen LogP contribution in [0.1, 0.15) is 30.9 Å². The summed E-state index contributed by atoms with van der Waals surface area (Å²) in [6.45, 7) is 4.56. The Kier molecular flexibility index (Phi) is 7.36. The molecular weight excluding hydrogens is 432 g/mol. The minimum absolute atomic E-state index is 0.0865. The maximum atomic E-state index is 13.7. The second-order valence-electron chi connectivity index (χ2n) is 8.45. The van der Waals surface area contributed by atoms with Crippen molar-refractivity contribution in [3.63, 3.8) is 0 Å². The van der Waals surface area contributed by atoms with Crippen LogP contribution in [0.25, 0.3) is 0 Å². The maximum Gasteiger partial charge on any atom is 0.264 e. The highest BCUT2D eigenvalue weighted by Crippen LogP contribution is 2.31. The largest absolute Gasteiger partial charge is 0.496 e. The van der Waals surface area contributed by atoms with Crippen molar-refractivity contribution in [1.29, 1.82) is 0 Å². The molecule has 0 saturated carbocycles. The number of methoxy groups -OCH3 is 1. The van der Waals surface area contributed by atoms with Crippen LogP contribution >= 0.6 is 0 Å². The number of hydrogen-bond donors (Lipinski definition) is 0. The Morgan fingerprint density at radius 1 is 0.909 bits per heavy atom. The second-order valence-corrected chi connectivity index (χ2v) is 10.3. The van der Waals surface area contributed by atoms with E-state index in [0.717, 1.165) is 55.9 Å². The van der Waals surface area contributed by atoms with Crippen LogP contribution in [0.5, 0.6) is 5.75 Å². The van der Waals surface area contributed by atoms with Gasteiger partial charge in [0.15, 0.2) is 0 Å². The molecule has 0 aromatic heterocycles.